The molecule has 0 aromatic heterocycles. The molecule has 1 saturated heterocycles. The van der Waals surface area contributed by atoms with Crippen LogP contribution in [0.1, 0.15) is 57.1 Å². The lowest BCUT2D eigenvalue weighted by Gasteiger charge is -2.31. The first kappa shape index (κ1) is 27.3. The van der Waals surface area contributed by atoms with E-state index in [1.165, 1.54) is 23.6 Å². The summed E-state index contributed by atoms with van der Waals surface area (Å²) >= 11 is 0. The summed E-state index contributed by atoms with van der Waals surface area (Å²) in [5.41, 5.74) is 4.39. The van der Waals surface area contributed by atoms with Gasteiger partial charge in [-0.3, -0.25) is 4.31 Å². The fourth-order valence-electron chi connectivity index (χ4n) is 5.72. The molecule has 1 N–H and O–H groups in total. The molecule has 1 fully saturated rings. The van der Waals surface area contributed by atoms with Gasteiger partial charge in [-0.1, -0.05) is 68.7 Å². The number of anilines is 1. The Morgan fingerprint density at radius 3 is 2.21 bits per heavy atom. The van der Waals surface area contributed by atoms with Crippen molar-refractivity contribution >= 4 is 26.9 Å². The molecule has 2 bridgehead atoms. The Hall–Kier alpha value is -3.29. The highest BCUT2D eigenvalue weighted by molar-refractivity contribution is 7.93. The second kappa shape index (κ2) is 11.8. The largest absolute Gasteiger partial charge is 0.508 e. The number of nitrogens with zero attached hydrogens (tertiary/aromatic N) is 1. The maximum absolute atomic E-state index is 14.0. The molecule has 0 saturated carbocycles. The predicted molar refractivity (Wildman–Crippen MR) is 156 cm³/mol. The lowest BCUT2D eigenvalue weighted by atomic mass is 9.83. The van der Waals surface area contributed by atoms with E-state index in [4.69, 9.17) is 9.47 Å². The van der Waals surface area contributed by atoms with Gasteiger partial charge in [0, 0.05) is 6.54 Å². The summed E-state index contributed by atoms with van der Waals surface area (Å²) < 4.78 is 41.9. The maximum Gasteiger partial charge on any atom is 0.241 e. The van der Waals surface area contributed by atoms with Gasteiger partial charge in [-0.25, -0.2) is 8.42 Å². The van der Waals surface area contributed by atoms with E-state index in [0.29, 0.717) is 25.3 Å². The van der Waals surface area contributed by atoms with Crippen molar-refractivity contribution < 1.29 is 23.0 Å². The van der Waals surface area contributed by atoms with Crippen LogP contribution in [0, 0.1) is 0 Å². The highest BCUT2D eigenvalue weighted by Gasteiger charge is 2.54. The lowest BCUT2D eigenvalue weighted by Crippen LogP contribution is -2.43. The maximum atomic E-state index is 14.0. The van der Waals surface area contributed by atoms with Crippen LogP contribution < -0.4 is 9.04 Å². The van der Waals surface area contributed by atoms with E-state index in [-0.39, 0.29) is 11.9 Å². The molecule has 39 heavy (non-hydrogen) atoms. The van der Waals surface area contributed by atoms with Gasteiger partial charge in [-0.05, 0) is 78.4 Å². The zero-order valence-electron chi connectivity index (χ0n) is 22.6. The molecular formula is C32H37NO5S. The number of sulfonamides is 1. The molecular weight excluding hydrogens is 510 g/mol. The molecule has 2 aliphatic rings. The molecule has 3 aromatic carbocycles. The third kappa shape index (κ3) is 5.56. The average Bonchev–Trinajstić information content (AvgIpc) is 3.55. The number of ether oxygens (including phenoxy) is 2. The van der Waals surface area contributed by atoms with Crippen molar-refractivity contribution in [2.24, 2.45) is 0 Å². The van der Waals surface area contributed by atoms with Gasteiger partial charge in [0.15, 0.2) is 0 Å². The van der Waals surface area contributed by atoms with Crippen LogP contribution in [0.2, 0.25) is 0 Å². The Balaban J connectivity index is 1.47. The molecule has 0 aliphatic carbocycles. The topological polar surface area (TPSA) is 76.1 Å². The smallest absolute Gasteiger partial charge is 0.241 e. The van der Waals surface area contributed by atoms with Gasteiger partial charge in [0.2, 0.25) is 10.0 Å². The lowest BCUT2D eigenvalue weighted by molar-refractivity contribution is 0.128. The van der Waals surface area contributed by atoms with Crippen molar-refractivity contribution in [3.05, 3.63) is 90.0 Å². The third-order valence-corrected chi connectivity index (χ3v) is 9.91. The predicted octanol–water partition coefficient (Wildman–Crippen LogP) is 6.66. The number of fused-ring (bicyclic) bond motifs is 2. The fraction of sp³-hybridized carbons (Fsp3) is 0.375. The Morgan fingerprint density at radius 2 is 1.54 bits per heavy atom. The third-order valence-electron chi connectivity index (χ3n) is 7.62. The van der Waals surface area contributed by atoms with Gasteiger partial charge in [0.1, 0.15) is 22.9 Å². The summed E-state index contributed by atoms with van der Waals surface area (Å²) in [6.07, 6.45) is 4.07. The highest BCUT2D eigenvalue weighted by Crippen LogP contribution is 2.51. The number of phenolic OH excluding ortho intramolecular Hbond substituents is 1. The van der Waals surface area contributed by atoms with E-state index < -0.39 is 21.4 Å². The minimum atomic E-state index is -3.71. The number of para-hydroxylation sites is 1. The van der Waals surface area contributed by atoms with Crippen LogP contribution in [0.15, 0.2) is 78.9 Å². The van der Waals surface area contributed by atoms with Crippen LogP contribution >= 0.6 is 0 Å². The van der Waals surface area contributed by atoms with Gasteiger partial charge in [0.25, 0.3) is 0 Å². The van der Waals surface area contributed by atoms with Crippen LogP contribution in [0.5, 0.6) is 11.5 Å². The van der Waals surface area contributed by atoms with E-state index in [9.17, 15) is 13.5 Å². The zero-order chi connectivity index (χ0) is 27.4. The number of benzene rings is 3. The van der Waals surface area contributed by atoms with Gasteiger partial charge in [0.05, 0.1) is 18.4 Å². The molecule has 0 unspecified atom stereocenters. The summed E-state index contributed by atoms with van der Waals surface area (Å²) in [4.78, 5) is 0. The first-order chi connectivity index (χ1) is 18.9. The van der Waals surface area contributed by atoms with Gasteiger partial charge in [-0.15, -0.1) is 0 Å². The van der Waals surface area contributed by atoms with Gasteiger partial charge in [-0.2, -0.15) is 0 Å². The van der Waals surface area contributed by atoms with Crippen molar-refractivity contribution in [1.29, 1.82) is 0 Å². The van der Waals surface area contributed by atoms with E-state index in [2.05, 4.69) is 6.92 Å². The number of phenols is 1. The number of rotatable bonds is 12. The molecule has 3 aromatic rings. The summed E-state index contributed by atoms with van der Waals surface area (Å²) in [5, 5.41) is 9.20. The van der Waals surface area contributed by atoms with Crippen molar-refractivity contribution in [3.8, 4) is 11.5 Å². The van der Waals surface area contributed by atoms with Crippen molar-refractivity contribution in [2.45, 2.75) is 63.4 Å². The normalized spacial score (nSPS) is 20.4. The molecule has 2 aliphatic heterocycles. The van der Waals surface area contributed by atoms with Crippen molar-refractivity contribution in [1.82, 2.24) is 0 Å². The Labute approximate surface area is 231 Å². The first-order valence-electron chi connectivity index (χ1n) is 13.9. The molecule has 5 rings (SSSR count). The van der Waals surface area contributed by atoms with Crippen LogP contribution in [-0.2, 0) is 14.8 Å². The van der Waals surface area contributed by atoms with E-state index >= 15 is 0 Å². The zero-order valence-corrected chi connectivity index (χ0v) is 23.4. The standard InChI is InChI=1S/C32H37NO5S/c1-3-5-6-10-21-37-27-19-15-23(16-20-27)30-28-22-29(32(38-28)31(30)24-13-17-26(34)18-14-24)39(35,36)33(4-2)25-11-8-7-9-12-25/h7-9,11-20,28-29,32,34H,3-6,10,21-22H2,1-2H3/t28-,29+,32+/m1/s1. The van der Waals surface area contributed by atoms with Crippen LogP contribution in [0.3, 0.4) is 0 Å². The summed E-state index contributed by atoms with van der Waals surface area (Å²) in [6, 6.07) is 24.2. The summed E-state index contributed by atoms with van der Waals surface area (Å²) in [6.45, 7) is 5.09. The minimum Gasteiger partial charge on any atom is -0.508 e. The number of aromatic hydroxyl groups is 1. The molecule has 0 radical (unpaired) electrons. The summed E-state index contributed by atoms with van der Waals surface area (Å²) in [5.74, 6) is 0.990. The first-order valence-corrected chi connectivity index (χ1v) is 15.4. The quantitative estimate of drug-likeness (QED) is 0.257. The minimum absolute atomic E-state index is 0.163. The van der Waals surface area contributed by atoms with Gasteiger partial charge < -0.3 is 14.6 Å². The monoisotopic (exact) mass is 547 g/mol. The second-order valence-electron chi connectivity index (χ2n) is 10.2. The molecule has 0 spiro atoms. The van der Waals surface area contributed by atoms with Crippen molar-refractivity contribution in [3.63, 3.8) is 0 Å². The average molecular weight is 548 g/mol. The molecule has 206 valence electrons. The van der Waals surface area contributed by atoms with E-state index in [1.807, 2.05) is 73.7 Å². The molecule has 3 atom stereocenters. The number of hydrogen-bond donors (Lipinski definition) is 1. The van der Waals surface area contributed by atoms with Gasteiger partial charge >= 0.3 is 0 Å². The van der Waals surface area contributed by atoms with Crippen LogP contribution in [0.4, 0.5) is 5.69 Å². The van der Waals surface area contributed by atoms with E-state index in [1.54, 1.807) is 12.1 Å². The molecule has 6 nitrogen and oxygen atoms in total. The van der Waals surface area contributed by atoms with Crippen LogP contribution in [0.25, 0.3) is 11.1 Å². The van der Waals surface area contributed by atoms with Crippen molar-refractivity contribution in [2.75, 3.05) is 17.5 Å². The number of hydrogen-bond acceptors (Lipinski definition) is 5. The fourth-order valence-corrected chi connectivity index (χ4v) is 7.75. The van der Waals surface area contributed by atoms with E-state index in [0.717, 1.165) is 34.4 Å². The Bertz CT molecular complexity index is 1380. The highest BCUT2D eigenvalue weighted by atomic mass is 32.2. The molecule has 7 heteroatoms. The Kier molecular flexibility index (Phi) is 8.29. The Morgan fingerprint density at radius 1 is 0.872 bits per heavy atom. The number of unbranched alkanes of at least 4 members (excludes halogenated alkanes) is 3. The SMILES string of the molecule is CCCCCCOc1ccc(C2=C(c3ccc(O)cc3)[C@H]3O[C@@H]2C[C@@H]3S(=O)(=O)N(CC)c2ccccc2)cc1. The van der Waals surface area contributed by atoms with Crippen LogP contribution in [-0.4, -0.2) is 44.1 Å². The second-order valence-corrected chi connectivity index (χ2v) is 12.2. The summed E-state index contributed by atoms with van der Waals surface area (Å²) in [7, 11) is -3.71. The molecule has 2 heterocycles. The molecule has 0 amide bonds.